The van der Waals surface area contributed by atoms with Gasteiger partial charge in [0.15, 0.2) is 34.9 Å². The summed E-state index contributed by atoms with van der Waals surface area (Å²) in [6.07, 6.45) is 0. The highest BCUT2D eigenvalue weighted by Gasteiger charge is 2.54. The van der Waals surface area contributed by atoms with Crippen LogP contribution in [-0.4, -0.2) is 29.9 Å². The summed E-state index contributed by atoms with van der Waals surface area (Å²) < 4.78 is 11.3. The van der Waals surface area contributed by atoms with Crippen molar-refractivity contribution in [1.29, 1.82) is 0 Å². The quantitative estimate of drug-likeness (QED) is 0.135. The molecule has 9 heteroatoms. The van der Waals surface area contributed by atoms with Gasteiger partial charge in [0, 0.05) is 90.1 Å². The first-order valence-corrected chi connectivity index (χ1v) is 46.1. The Bertz CT molecular complexity index is 8780. The number of aromatic nitrogens is 6. The molecular formula is C122H72N6OS2. The second-order valence-electron chi connectivity index (χ2n) is 34.4. The molecule has 4 aliphatic rings. The van der Waals surface area contributed by atoms with E-state index in [9.17, 15) is 0 Å². The van der Waals surface area contributed by atoms with Gasteiger partial charge < -0.3 is 4.42 Å². The van der Waals surface area contributed by atoms with E-state index in [4.69, 9.17) is 34.3 Å². The third-order valence-electron chi connectivity index (χ3n) is 27.6. The fraction of sp³-hybridized carbons (Fsp3) is 0.0164. The summed E-state index contributed by atoms with van der Waals surface area (Å²) in [5.41, 5.74) is 36.6. The monoisotopic (exact) mass is 1700 g/mol. The minimum Gasteiger partial charge on any atom is -0.455 e. The topological polar surface area (TPSA) is 90.5 Å². The van der Waals surface area contributed by atoms with Crippen LogP contribution in [0.25, 0.3) is 220 Å². The SMILES string of the molecule is c1cc(-c2ccc3c(c2)C2(c4ccccc4-c4ccccc42)c2ccccc2-3)cc(-c2nc(-c3ccc(-c4cccc5c4oc4ccccc45)cc3)nc(-c3cccc4c3sc3ccccc34)n2)c1.c1ccc(-c2ccc3sc4cccc(-c5nc(-c6ccccc6)nc(-c6cccc(-c7cccc8c7-c7ccccc7C87c8ccccc8-c8ccccc87)c6)n5)c4c3c2)cc1. The normalized spacial score (nSPS) is 13.0. The van der Waals surface area contributed by atoms with Crippen molar-refractivity contribution in [3.8, 4) is 157 Å². The highest BCUT2D eigenvalue weighted by atomic mass is 32.1. The van der Waals surface area contributed by atoms with Crippen LogP contribution in [0.1, 0.15) is 44.5 Å². The Kier molecular flexibility index (Phi) is 16.8. The van der Waals surface area contributed by atoms with Crippen molar-refractivity contribution >= 4 is 85.0 Å². The lowest BCUT2D eigenvalue weighted by Gasteiger charge is -2.30. The van der Waals surface area contributed by atoms with Gasteiger partial charge in [0.1, 0.15) is 11.2 Å². The van der Waals surface area contributed by atoms with E-state index in [1.807, 2.05) is 41.7 Å². The molecule has 0 fully saturated rings. The van der Waals surface area contributed by atoms with Gasteiger partial charge in [-0.25, -0.2) is 29.9 Å². The Balaban J connectivity index is 0.000000135. The lowest BCUT2D eigenvalue weighted by Crippen LogP contribution is -2.25. The van der Waals surface area contributed by atoms with Crippen LogP contribution in [0.5, 0.6) is 0 Å². The van der Waals surface area contributed by atoms with E-state index < -0.39 is 10.8 Å². The molecule has 24 aromatic rings. The van der Waals surface area contributed by atoms with Crippen molar-refractivity contribution in [2.24, 2.45) is 0 Å². The molecule has 0 amide bonds. The molecular weight excluding hydrogens is 1630 g/mol. The van der Waals surface area contributed by atoms with Gasteiger partial charge in [0.2, 0.25) is 0 Å². The van der Waals surface area contributed by atoms with Gasteiger partial charge in [-0.1, -0.05) is 382 Å². The van der Waals surface area contributed by atoms with Crippen LogP contribution in [0.15, 0.2) is 441 Å². The van der Waals surface area contributed by atoms with Crippen molar-refractivity contribution in [2.45, 2.75) is 10.8 Å². The van der Waals surface area contributed by atoms with Gasteiger partial charge in [0.05, 0.1) is 10.8 Å². The summed E-state index contributed by atoms with van der Waals surface area (Å²) in [7, 11) is 0. The molecule has 608 valence electrons. The lowest BCUT2D eigenvalue weighted by molar-refractivity contribution is 0.670. The number of rotatable bonds is 10. The highest BCUT2D eigenvalue weighted by molar-refractivity contribution is 7.26. The fourth-order valence-corrected chi connectivity index (χ4v) is 24.3. The molecule has 4 aliphatic carbocycles. The van der Waals surface area contributed by atoms with Crippen molar-refractivity contribution in [2.75, 3.05) is 0 Å². The maximum atomic E-state index is 6.44. The zero-order chi connectivity index (χ0) is 86.0. The minimum absolute atomic E-state index is 0.408. The average Bonchev–Trinajstić information content (AvgIpc) is 1.51. The van der Waals surface area contributed by atoms with Crippen LogP contribution in [-0.2, 0) is 10.8 Å². The molecule has 2 spiro atoms. The molecule has 0 N–H and O–H groups in total. The van der Waals surface area contributed by atoms with Crippen molar-refractivity contribution in [3.63, 3.8) is 0 Å². The third-order valence-corrected chi connectivity index (χ3v) is 29.9. The molecule has 0 bridgehead atoms. The predicted molar refractivity (Wildman–Crippen MR) is 540 cm³/mol. The number of hydrogen-bond acceptors (Lipinski definition) is 9. The molecule has 0 aliphatic heterocycles. The highest BCUT2D eigenvalue weighted by Crippen LogP contribution is 2.66. The number of thiophene rings is 2. The zero-order valence-corrected chi connectivity index (χ0v) is 72.1. The first-order chi connectivity index (χ1) is 64.9. The van der Waals surface area contributed by atoms with E-state index in [0.717, 1.165) is 93.2 Å². The maximum absolute atomic E-state index is 6.44. The number of fused-ring (bicyclic) bond motifs is 29. The summed E-state index contributed by atoms with van der Waals surface area (Å²) in [4.78, 5) is 31.7. The molecule has 0 atom stereocenters. The lowest BCUT2D eigenvalue weighted by atomic mass is 9.70. The van der Waals surface area contributed by atoms with Crippen molar-refractivity contribution < 1.29 is 4.42 Å². The van der Waals surface area contributed by atoms with Gasteiger partial charge in [0.25, 0.3) is 0 Å². The standard InChI is InChI=1S/C64H37N3OS.C58H35N3S/c1-6-25-53-44(16-1)45-17-2-7-26-54(45)64(53)55-27-8-3-18-46(55)47-35-34-41(37-56(47)64)40-14-11-15-42(36-40)62-65-61(66-63(67-62)52-24-13-23-51-49-20-5-10-29-58(49)69-60(51)52)39-32-30-38(31-33-39)43-21-12-22-50-48-19-4-9-28-57(48)68-59(43)50;1-3-16-36(17-4-1)38-32-33-51-46(35-38)54-45(26-15-31-52(54)62-51)57-60-55(37-18-5-2-6-19-37)59-56(61-57)40-21-13-20-39(34-40)41-25-14-30-50-53(41)44-24-9-12-29-49(44)58(50)47-27-10-7-22-42(47)43-23-8-11-28-48(43)58/h1-37H;1-35H. The minimum atomic E-state index is -0.424. The zero-order valence-electron chi connectivity index (χ0n) is 70.5. The number of furan rings is 1. The first kappa shape index (κ1) is 74.7. The Hall–Kier alpha value is -16.6. The first-order valence-electron chi connectivity index (χ1n) is 44.5. The fourth-order valence-electron chi connectivity index (χ4n) is 21.9. The molecule has 5 heterocycles. The Morgan fingerprint density at radius 2 is 0.557 bits per heavy atom. The van der Waals surface area contributed by atoms with Crippen LogP contribution in [0.4, 0.5) is 0 Å². The van der Waals surface area contributed by atoms with Crippen LogP contribution in [0, 0.1) is 0 Å². The molecule has 7 nitrogen and oxygen atoms in total. The van der Waals surface area contributed by atoms with E-state index in [2.05, 4.69) is 406 Å². The summed E-state index contributed by atoms with van der Waals surface area (Å²) in [5.74, 6) is 3.82. The van der Waals surface area contributed by atoms with Crippen LogP contribution >= 0.6 is 22.7 Å². The largest absolute Gasteiger partial charge is 0.455 e. The predicted octanol–water partition coefficient (Wildman–Crippen LogP) is 31.7. The molecule has 0 unspecified atom stereocenters. The van der Waals surface area contributed by atoms with Crippen LogP contribution in [0.2, 0.25) is 0 Å². The molecule has 0 saturated carbocycles. The van der Waals surface area contributed by atoms with Gasteiger partial charge in [-0.15, -0.1) is 22.7 Å². The van der Waals surface area contributed by atoms with Gasteiger partial charge in [-0.3, -0.25) is 0 Å². The number of benzene rings is 19. The number of nitrogens with zero attached hydrogens (tertiary/aromatic N) is 6. The maximum Gasteiger partial charge on any atom is 0.165 e. The van der Waals surface area contributed by atoms with Crippen LogP contribution < -0.4 is 0 Å². The summed E-state index contributed by atoms with van der Waals surface area (Å²) in [5, 5.41) is 7.03. The molecule has 131 heavy (non-hydrogen) atoms. The van der Waals surface area contributed by atoms with Crippen molar-refractivity contribution in [3.05, 3.63) is 481 Å². The van der Waals surface area contributed by atoms with Crippen molar-refractivity contribution in [1.82, 2.24) is 29.9 Å². The summed E-state index contributed by atoms with van der Waals surface area (Å²) in [6, 6.07) is 158. The molecule has 19 aromatic carbocycles. The average molecular weight is 1700 g/mol. The molecule has 0 radical (unpaired) electrons. The van der Waals surface area contributed by atoms with E-state index >= 15 is 0 Å². The molecule has 5 aromatic heterocycles. The van der Waals surface area contributed by atoms with E-state index in [1.165, 1.54) is 136 Å². The summed E-state index contributed by atoms with van der Waals surface area (Å²) >= 11 is 3.59. The second kappa shape index (κ2) is 29.5. The van der Waals surface area contributed by atoms with Gasteiger partial charge >= 0.3 is 0 Å². The van der Waals surface area contributed by atoms with Gasteiger partial charge in [-0.2, -0.15) is 0 Å². The van der Waals surface area contributed by atoms with Gasteiger partial charge in [-0.05, 0) is 183 Å². The van der Waals surface area contributed by atoms with Crippen LogP contribution in [0.3, 0.4) is 0 Å². The molecule has 28 rings (SSSR count). The number of para-hydroxylation sites is 2. The summed E-state index contributed by atoms with van der Waals surface area (Å²) in [6.45, 7) is 0. The van der Waals surface area contributed by atoms with E-state index in [1.54, 1.807) is 11.3 Å². The Morgan fingerprint density at radius 3 is 1.21 bits per heavy atom. The Labute approximate surface area is 763 Å². The van der Waals surface area contributed by atoms with E-state index in [-0.39, 0.29) is 0 Å². The number of hydrogen-bond donors (Lipinski definition) is 0. The Morgan fingerprint density at radius 1 is 0.183 bits per heavy atom. The molecule has 0 saturated heterocycles. The smallest absolute Gasteiger partial charge is 0.165 e. The second-order valence-corrected chi connectivity index (χ2v) is 36.5. The third kappa shape index (κ3) is 11.4. The van der Waals surface area contributed by atoms with E-state index in [0.29, 0.717) is 34.9 Å².